The van der Waals surface area contributed by atoms with Crippen LogP contribution in [0.1, 0.15) is 45.1 Å². The summed E-state index contributed by atoms with van der Waals surface area (Å²) in [5.41, 5.74) is 0.959. The average molecular weight is 544 g/mol. The first-order valence-electron chi connectivity index (χ1n) is 13.5. The number of nitrogens with zero attached hydrogens (tertiary/aromatic N) is 1. The van der Waals surface area contributed by atoms with Gasteiger partial charge in [-0.3, -0.25) is 0 Å². The molecule has 1 nitrogen and oxygen atoms in total. The van der Waals surface area contributed by atoms with E-state index in [0.717, 1.165) is 57.5 Å². The molecular weight excluding hydrogens is 517 g/mol. The van der Waals surface area contributed by atoms with Crippen LogP contribution in [-0.2, 0) is 5.41 Å². The van der Waals surface area contributed by atoms with Gasteiger partial charge in [-0.25, -0.2) is 22.0 Å². The summed E-state index contributed by atoms with van der Waals surface area (Å²) in [5.74, 6) is -9.61. The minimum atomic E-state index is -2.15. The van der Waals surface area contributed by atoms with Crippen LogP contribution in [0, 0.1) is 29.1 Å². The Morgan fingerprint density at radius 2 is 1.18 bits per heavy atom. The summed E-state index contributed by atoms with van der Waals surface area (Å²) in [6.45, 7) is 3.94. The lowest BCUT2D eigenvalue weighted by Crippen LogP contribution is -2.55. The van der Waals surface area contributed by atoms with Crippen LogP contribution in [0.25, 0.3) is 32.7 Å². The lowest BCUT2D eigenvalue weighted by Gasteiger charge is -2.50. The van der Waals surface area contributed by atoms with Crippen molar-refractivity contribution in [1.29, 1.82) is 0 Å². The van der Waals surface area contributed by atoms with Crippen LogP contribution in [0.2, 0.25) is 0 Å². The Morgan fingerprint density at radius 1 is 0.625 bits per heavy atom. The molecule has 0 saturated heterocycles. The zero-order valence-electron chi connectivity index (χ0n) is 22.1. The third-order valence-corrected chi connectivity index (χ3v) is 9.57. The Kier molecular flexibility index (Phi) is 5.35. The van der Waals surface area contributed by atoms with E-state index in [9.17, 15) is 13.2 Å². The van der Waals surface area contributed by atoms with Gasteiger partial charge in [0.15, 0.2) is 23.3 Å². The summed E-state index contributed by atoms with van der Waals surface area (Å²) >= 11 is 0. The van der Waals surface area contributed by atoms with Crippen LogP contribution in [-0.4, -0.2) is 5.54 Å². The highest BCUT2D eigenvalue weighted by molar-refractivity contribution is 6.12. The molecule has 0 amide bonds. The second kappa shape index (κ2) is 8.53. The van der Waals surface area contributed by atoms with Gasteiger partial charge in [0.2, 0.25) is 5.82 Å². The largest absolute Gasteiger partial charge is 0.329 e. The van der Waals surface area contributed by atoms with Gasteiger partial charge in [-0.1, -0.05) is 74.4 Å². The lowest BCUT2D eigenvalue weighted by molar-refractivity contribution is 0.192. The van der Waals surface area contributed by atoms with E-state index in [0.29, 0.717) is 12.1 Å². The number of benzene rings is 5. The monoisotopic (exact) mass is 543 g/mol. The topological polar surface area (TPSA) is 3.24 Å². The first-order valence-corrected chi connectivity index (χ1v) is 13.5. The highest BCUT2D eigenvalue weighted by Crippen LogP contribution is 2.62. The zero-order valence-corrected chi connectivity index (χ0v) is 22.1. The minimum Gasteiger partial charge on any atom is -0.329 e. The third-order valence-electron chi connectivity index (χ3n) is 9.57. The van der Waals surface area contributed by atoms with Crippen molar-refractivity contribution in [3.8, 4) is 11.1 Å². The van der Waals surface area contributed by atoms with Crippen LogP contribution >= 0.6 is 0 Å². The average Bonchev–Trinajstić information content (AvgIpc) is 3.17. The molecule has 0 N–H and O–H groups in total. The Labute approximate surface area is 228 Å². The van der Waals surface area contributed by atoms with Crippen molar-refractivity contribution >= 4 is 32.9 Å². The van der Waals surface area contributed by atoms with Crippen LogP contribution in [0.3, 0.4) is 0 Å². The van der Waals surface area contributed by atoms with Crippen molar-refractivity contribution < 1.29 is 22.0 Å². The van der Waals surface area contributed by atoms with Crippen molar-refractivity contribution in [1.82, 2.24) is 0 Å². The number of hydrogen-bond donors (Lipinski definition) is 0. The Morgan fingerprint density at radius 3 is 1.80 bits per heavy atom. The molecule has 1 saturated carbocycles. The van der Waals surface area contributed by atoms with Gasteiger partial charge in [0, 0.05) is 11.1 Å². The van der Waals surface area contributed by atoms with Crippen molar-refractivity contribution in [3.05, 3.63) is 107 Å². The number of hydrogen-bond acceptors (Lipinski definition) is 1. The maximum Gasteiger partial charge on any atom is 0.200 e. The van der Waals surface area contributed by atoms with Crippen molar-refractivity contribution in [3.63, 3.8) is 0 Å². The molecule has 1 fully saturated rings. The zero-order chi connectivity index (χ0) is 28.0. The normalized spacial score (nSPS) is 22.1. The van der Waals surface area contributed by atoms with Crippen LogP contribution in [0.5, 0.6) is 0 Å². The second-order valence-corrected chi connectivity index (χ2v) is 11.5. The van der Waals surface area contributed by atoms with E-state index in [1.165, 1.54) is 4.90 Å². The molecule has 0 bridgehead atoms. The molecule has 0 radical (unpaired) electrons. The maximum absolute atomic E-state index is 15.3. The molecule has 202 valence electrons. The van der Waals surface area contributed by atoms with Crippen molar-refractivity contribution in [2.75, 3.05) is 4.90 Å². The van der Waals surface area contributed by atoms with Crippen LogP contribution < -0.4 is 4.90 Å². The first-order chi connectivity index (χ1) is 19.2. The molecule has 6 heteroatoms. The number of anilines is 2. The molecule has 1 aliphatic heterocycles. The molecule has 2 atom stereocenters. The second-order valence-electron chi connectivity index (χ2n) is 11.5. The van der Waals surface area contributed by atoms with Crippen molar-refractivity contribution in [2.24, 2.45) is 0 Å². The van der Waals surface area contributed by atoms with Gasteiger partial charge in [0.25, 0.3) is 0 Å². The summed E-state index contributed by atoms with van der Waals surface area (Å²) in [6.07, 6.45) is 2.96. The Balaban J connectivity index is 1.54. The van der Waals surface area contributed by atoms with Crippen LogP contribution in [0.15, 0.2) is 72.8 Å². The number of halogens is 5. The molecule has 1 heterocycles. The molecule has 7 rings (SSSR count). The van der Waals surface area contributed by atoms with Gasteiger partial charge >= 0.3 is 0 Å². The van der Waals surface area contributed by atoms with E-state index in [4.69, 9.17) is 0 Å². The molecule has 5 aromatic rings. The number of fused-ring (bicyclic) bond motifs is 5. The molecule has 2 unspecified atom stereocenters. The predicted molar refractivity (Wildman–Crippen MR) is 149 cm³/mol. The standard InChI is InChI=1S/C34H26F5N/c1-33-15-7-8-16-34(33,2)40(32-30(38)28(36)27(35)29(37)31(32)39)25-14-13-21(18-24(25)33)26-22-11-5-3-9-19(22)17-20-10-4-6-12-23(20)26/h3-6,9-14,17-18H,7-8,15-16H2,1-2H3. The SMILES string of the molecule is CC12CCCCC1(C)N(c1c(F)c(F)c(F)c(F)c1F)c1ccc(-c3c4ccccc4cc4ccccc34)cc12. The molecule has 5 aromatic carbocycles. The third kappa shape index (κ3) is 3.13. The maximum atomic E-state index is 15.3. The van der Waals surface area contributed by atoms with Crippen molar-refractivity contribution in [2.45, 2.75) is 50.5 Å². The molecule has 0 spiro atoms. The predicted octanol–water partition coefficient (Wildman–Crippen LogP) is 10.1. The molecule has 40 heavy (non-hydrogen) atoms. The highest BCUT2D eigenvalue weighted by Gasteiger charge is 2.59. The Bertz CT molecular complexity index is 1780. The quantitative estimate of drug-likeness (QED) is 0.0927. The fourth-order valence-electron chi connectivity index (χ4n) is 7.35. The first kappa shape index (κ1) is 25.1. The van der Waals surface area contributed by atoms with Gasteiger partial charge in [0.05, 0.1) is 5.54 Å². The molecular formula is C34H26F5N. The number of rotatable bonds is 2. The fourth-order valence-corrected chi connectivity index (χ4v) is 7.35. The summed E-state index contributed by atoms with van der Waals surface area (Å²) in [4.78, 5) is 1.39. The van der Waals surface area contributed by atoms with E-state index < -0.39 is 45.7 Å². The van der Waals surface area contributed by atoms with E-state index in [1.54, 1.807) is 6.07 Å². The molecule has 2 aliphatic rings. The lowest BCUT2D eigenvalue weighted by atomic mass is 9.61. The molecule has 0 aromatic heterocycles. The van der Waals surface area contributed by atoms with Gasteiger partial charge < -0.3 is 4.90 Å². The van der Waals surface area contributed by atoms with Gasteiger partial charge in [-0.15, -0.1) is 0 Å². The van der Waals surface area contributed by atoms with Crippen LogP contribution in [0.4, 0.5) is 33.3 Å². The fraction of sp³-hybridized carbons (Fsp3) is 0.235. The van der Waals surface area contributed by atoms with Gasteiger partial charge in [-0.2, -0.15) is 0 Å². The van der Waals surface area contributed by atoms with E-state index in [1.807, 2.05) is 37.3 Å². The van der Waals surface area contributed by atoms with E-state index in [2.05, 4.69) is 43.3 Å². The minimum absolute atomic E-state index is 0.475. The summed E-state index contributed by atoms with van der Waals surface area (Å²) in [6, 6.07) is 24.2. The summed E-state index contributed by atoms with van der Waals surface area (Å²) < 4.78 is 73.6. The van der Waals surface area contributed by atoms with E-state index in [-0.39, 0.29) is 0 Å². The molecule has 1 aliphatic carbocycles. The van der Waals surface area contributed by atoms with Gasteiger partial charge in [-0.05, 0) is 76.2 Å². The van der Waals surface area contributed by atoms with Gasteiger partial charge in [0.1, 0.15) is 5.69 Å². The Hall–Kier alpha value is -3.93. The smallest absolute Gasteiger partial charge is 0.200 e. The summed E-state index contributed by atoms with van der Waals surface area (Å²) in [5, 5.41) is 4.33. The van der Waals surface area contributed by atoms with E-state index >= 15 is 8.78 Å². The highest BCUT2D eigenvalue weighted by atomic mass is 19.2. The summed E-state index contributed by atoms with van der Waals surface area (Å²) in [7, 11) is 0.